The van der Waals surface area contributed by atoms with Gasteiger partial charge in [-0.15, -0.1) is 0 Å². The molecule has 5 heteroatoms. The Bertz CT molecular complexity index is 505. The van der Waals surface area contributed by atoms with Crippen molar-refractivity contribution in [2.45, 2.75) is 0 Å². The third-order valence-corrected chi connectivity index (χ3v) is 2.29. The van der Waals surface area contributed by atoms with Crippen molar-refractivity contribution in [3.8, 4) is 11.5 Å². The smallest absolute Gasteiger partial charge is 0.363 e. The third kappa shape index (κ3) is 2.13. The molecule has 0 N–H and O–H groups in total. The highest BCUT2D eigenvalue weighted by molar-refractivity contribution is 6.01. The first-order chi connectivity index (χ1) is 8.26. The molecule has 0 radical (unpaired) electrons. The summed E-state index contributed by atoms with van der Waals surface area (Å²) in [5, 5.41) is 0. The van der Waals surface area contributed by atoms with E-state index in [4.69, 9.17) is 9.47 Å². The van der Waals surface area contributed by atoms with Gasteiger partial charge in [-0.3, -0.25) is 0 Å². The quantitative estimate of drug-likeness (QED) is 0.588. The van der Waals surface area contributed by atoms with Gasteiger partial charge in [0.05, 0.1) is 14.2 Å². The van der Waals surface area contributed by atoms with E-state index in [9.17, 15) is 4.79 Å². The van der Waals surface area contributed by atoms with Crippen molar-refractivity contribution in [3.05, 3.63) is 29.5 Å². The Hall–Kier alpha value is -2.30. The number of hydrogen-bond donors (Lipinski definition) is 0. The minimum Gasteiger partial charge on any atom is -0.493 e. The summed E-state index contributed by atoms with van der Waals surface area (Å²) in [6.07, 6.45) is 2.70. The number of ether oxygens (including phenoxy) is 3. The number of aliphatic imine (C=N–C) groups is 1. The molecule has 0 saturated carbocycles. The van der Waals surface area contributed by atoms with Crippen molar-refractivity contribution in [1.82, 2.24) is 0 Å². The van der Waals surface area contributed by atoms with Gasteiger partial charge in [-0.2, -0.15) is 0 Å². The second-order valence-corrected chi connectivity index (χ2v) is 3.25. The third-order valence-electron chi connectivity index (χ3n) is 2.29. The number of hydrogen-bond acceptors (Lipinski definition) is 5. The molecule has 1 aliphatic rings. The van der Waals surface area contributed by atoms with E-state index >= 15 is 0 Å². The minimum absolute atomic E-state index is 0.233. The fourth-order valence-corrected chi connectivity index (χ4v) is 1.51. The lowest BCUT2D eigenvalue weighted by molar-refractivity contribution is -0.129. The van der Waals surface area contributed by atoms with E-state index in [-0.39, 0.29) is 5.70 Å². The lowest BCUT2D eigenvalue weighted by Crippen LogP contribution is -1.97. The Kier molecular flexibility index (Phi) is 3.09. The number of carbonyl (C=O) groups is 1. The van der Waals surface area contributed by atoms with Crippen molar-refractivity contribution >= 4 is 18.4 Å². The molecule has 0 bridgehead atoms. The average Bonchev–Trinajstić information content (AvgIpc) is 2.74. The Balaban J connectivity index is 2.45. The van der Waals surface area contributed by atoms with E-state index in [0.717, 1.165) is 6.40 Å². The van der Waals surface area contributed by atoms with Gasteiger partial charge in [0.2, 0.25) is 0 Å². The SMILES string of the molecule is COc1cccc(C=C2N=COC2=O)c1OC. The maximum Gasteiger partial charge on any atom is 0.363 e. The van der Waals surface area contributed by atoms with Crippen LogP contribution in [0.1, 0.15) is 5.56 Å². The fraction of sp³-hybridized carbons (Fsp3) is 0.167. The zero-order valence-electron chi connectivity index (χ0n) is 9.47. The van der Waals surface area contributed by atoms with Crippen LogP contribution in [-0.4, -0.2) is 26.6 Å². The number of rotatable bonds is 3. The molecule has 0 aliphatic carbocycles. The highest BCUT2D eigenvalue weighted by Gasteiger charge is 2.16. The van der Waals surface area contributed by atoms with E-state index in [2.05, 4.69) is 9.73 Å². The summed E-state index contributed by atoms with van der Waals surface area (Å²) in [4.78, 5) is 15.1. The molecule has 1 aromatic carbocycles. The summed E-state index contributed by atoms with van der Waals surface area (Å²) < 4.78 is 15.0. The van der Waals surface area contributed by atoms with E-state index in [1.165, 1.54) is 7.11 Å². The molecule has 1 aliphatic heterocycles. The first kappa shape index (κ1) is 11.2. The molecule has 88 valence electrons. The summed E-state index contributed by atoms with van der Waals surface area (Å²) in [6.45, 7) is 0. The number of para-hydroxylation sites is 1. The van der Waals surface area contributed by atoms with Gasteiger partial charge in [-0.05, 0) is 12.1 Å². The van der Waals surface area contributed by atoms with Gasteiger partial charge in [-0.25, -0.2) is 9.79 Å². The number of benzene rings is 1. The van der Waals surface area contributed by atoms with Gasteiger partial charge in [0.25, 0.3) is 0 Å². The number of esters is 1. The molecule has 0 fully saturated rings. The molecule has 17 heavy (non-hydrogen) atoms. The number of nitrogens with zero attached hydrogens (tertiary/aromatic N) is 1. The van der Waals surface area contributed by atoms with Crippen LogP contribution in [0.4, 0.5) is 0 Å². The lowest BCUT2D eigenvalue weighted by atomic mass is 10.1. The standard InChI is InChI=1S/C12H11NO4/c1-15-10-5-3-4-8(11(10)16-2)6-9-12(14)17-7-13-9/h3-7H,1-2H3. The van der Waals surface area contributed by atoms with Crippen LogP contribution in [-0.2, 0) is 9.53 Å². The van der Waals surface area contributed by atoms with Crippen LogP contribution in [0.15, 0.2) is 28.9 Å². The number of cyclic esters (lactones) is 1. The summed E-state index contributed by atoms with van der Waals surface area (Å²) in [5.74, 6) is 0.671. The van der Waals surface area contributed by atoms with Gasteiger partial charge >= 0.3 is 5.97 Å². The summed E-state index contributed by atoms with van der Waals surface area (Å²) >= 11 is 0. The van der Waals surface area contributed by atoms with Gasteiger partial charge in [-0.1, -0.05) is 12.1 Å². The van der Waals surface area contributed by atoms with Crippen LogP contribution < -0.4 is 9.47 Å². The molecule has 0 spiro atoms. The summed E-state index contributed by atoms with van der Waals surface area (Å²) in [5.41, 5.74) is 0.939. The minimum atomic E-state index is -0.477. The first-order valence-corrected chi connectivity index (χ1v) is 4.92. The van der Waals surface area contributed by atoms with Crippen LogP contribution in [0.3, 0.4) is 0 Å². The molecule has 0 unspecified atom stereocenters. The average molecular weight is 233 g/mol. The van der Waals surface area contributed by atoms with Gasteiger partial charge in [0.1, 0.15) is 0 Å². The highest BCUT2D eigenvalue weighted by Crippen LogP contribution is 2.32. The summed E-state index contributed by atoms with van der Waals surface area (Å²) in [7, 11) is 3.09. The van der Waals surface area contributed by atoms with Crippen LogP contribution >= 0.6 is 0 Å². The Morgan fingerprint density at radius 2 is 2.12 bits per heavy atom. The predicted molar refractivity (Wildman–Crippen MR) is 62.1 cm³/mol. The molecule has 0 aromatic heterocycles. The van der Waals surface area contributed by atoms with Gasteiger partial charge in [0.15, 0.2) is 23.6 Å². The van der Waals surface area contributed by atoms with Crippen LogP contribution in [0, 0.1) is 0 Å². The maximum absolute atomic E-state index is 11.2. The Morgan fingerprint density at radius 1 is 1.29 bits per heavy atom. The van der Waals surface area contributed by atoms with Gasteiger partial charge < -0.3 is 14.2 Å². The number of carbonyl (C=O) groups excluding carboxylic acids is 1. The largest absolute Gasteiger partial charge is 0.493 e. The van der Waals surface area contributed by atoms with Crippen LogP contribution in [0.25, 0.3) is 6.08 Å². The predicted octanol–water partition coefficient (Wildman–Crippen LogP) is 1.63. The Labute approximate surface area is 98.3 Å². The van der Waals surface area contributed by atoms with Crippen molar-refractivity contribution in [1.29, 1.82) is 0 Å². The lowest BCUT2D eigenvalue weighted by Gasteiger charge is -2.09. The zero-order valence-corrected chi connectivity index (χ0v) is 9.47. The normalized spacial score (nSPS) is 16.1. The Morgan fingerprint density at radius 3 is 2.71 bits per heavy atom. The van der Waals surface area contributed by atoms with Crippen molar-refractivity contribution in [2.24, 2.45) is 4.99 Å². The molecule has 1 aromatic rings. The van der Waals surface area contributed by atoms with Crippen LogP contribution in [0.5, 0.6) is 11.5 Å². The second kappa shape index (κ2) is 4.69. The topological polar surface area (TPSA) is 57.1 Å². The van der Waals surface area contributed by atoms with E-state index in [1.54, 1.807) is 31.4 Å². The monoisotopic (exact) mass is 233 g/mol. The van der Waals surface area contributed by atoms with Crippen LogP contribution in [0.2, 0.25) is 0 Å². The zero-order chi connectivity index (χ0) is 12.3. The maximum atomic E-state index is 11.2. The summed E-state index contributed by atoms with van der Waals surface area (Å²) in [6, 6.07) is 5.38. The first-order valence-electron chi connectivity index (χ1n) is 4.92. The molecular weight excluding hydrogens is 222 g/mol. The fourth-order valence-electron chi connectivity index (χ4n) is 1.51. The van der Waals surface area contributed by atoms with Gasteiger partial charge in [0, 0.05) is 5.56 Å². The molecule has 0 atom stereocenters. The van der Waals surface area contributed by atoms with E-state index < -0.39 is 5.97 Å². The van der Waals surface area contributed by atoms with Crippen molar-refractivity contribution in [2.75, 3.05) is 14.2 Å². The molecule has 0 amide bonds. The molecular formula is C12H11NO4. The van der Waals surface area contributed by atoms with Crippen molar-refractivity contribution in [3.63, 3.8) is 0 Å². The number of methoxy groups -OCH3 is 2. The molecule has 5 nitrogen and oxygen atoms in total. The molecule has 0 saturated heterocycles. The van der Waals surface area contributed by atoms with E-state index in [1.807, 2.05) is 0 Å². The second-order valence-electron chi connectivity index (χ2n) is 3.25. The molecule has 1 heterocycles. The van der Waals surface area contributed by atoms with Crippen molar-refractivity contribution < 1.29 is 19.0 Å². The molecule has 2 rings (SSSR count). The highest BCUT2D eigenvalue weighted by atomic mass is 16.5. The van der Waals surface area contributed by atoms with E-state index in [0.29, 0.717) is 17.1 Å².